The van der Waals surface area contributed by atoms with E-state index in [1.54, 1.807) is 0 Å². The molecule has 0 aliphatic carbocycles. The van der Waals surface area contributed by atoms with Crippen molar-refractivity contribution in [3.63, 3.8) is 0 Å². The number of ether oxygens (including phenoxy) is 1. The van der Waals surface area contributed by atoms with Crippen LogP contribution >= 0.6 is 0 Å². The predicted octanol–water partition coefficient (Wildman–Crippen LogP) is 13.0. The molecular formula is C54H41N4OSe+. The van der Waals surface area contributed by atoms with E-state index in [-0.39, 0.29) is 19.9 Å². The Hall–Kier alpha value is -6.98. The molecule has 11 rings (SSSR count). The molecule has 0 aliphatic heterocycles. The molecule has 0 saturated heterocycles. The third-order valence-corrected chi connectivity index (χ3v) is 13.2. The van der Waals surface area contributed by atoms with Crippen LogP contribution < -0.4 is 9.30 Å². The fraction of sp³-hybridized carbons (Fsp3) is 0.0741. The molecule has 0 unspecified atom stereocenters. The third-order valence-electron chi connectivity index (χ3n) is 11.5. The van der Waals surface area contributed by atoms with Crippen molar-refractivity contribution in [2.75, 3.05) is 0 Å². The summed E-state index contributed by atoms with van der Waals surface area (Å²) in [5.74, 6) is 2.48. The van der Waals surface area contributed by atoms with Crippen LogP contribution in [-0.2, 0) is 5.41 Å². The van der Waals surface area contributed by atoms with Crippen molar-refractivity contribution in [1.82, 2.24) is 14.1 Å². The Morgan fingerprint density at radius 2 is 1.20 bits per heavy atom. The summed E-state index contributed by atoms with van der Waals surface area (Å²) in [4.78, 5) is 7.59. The van der Waals surface area contributed by atoms with Gasteiger partial charge in [-0.1, -0.05) is 91.0 Å². The molecule has 7 aromatic carbocycles. The predicted molar refractivity (Wildman–Crippen MR) is 247 cm³/mol. The normalized spacial score (nSPS) is 11.9. The van der Waals surface area contributed by atoms with E-state index in [1.807, 2.05) is 6.07 Å². The first kappa shape index (κ1) is 36.1. The number of benzene rings is 7. The van der Waals surface area contributed by atoms with E-state index in [1.165, 1.54) is 37.2 Å². The van der Waals surface area contributed by atoms with Gasteiger partial charge in [0.2, 0.25) is 0 Å². The summed E-state index contributed by atoms with van der Waals surface area (Å²) in [6.45, 7) is 6.87. The van der Waals surface area contributed by atoms with E-state index in [9.17, 15) is 0 Å². The summed E-state index contributed by atoms with van der Waals surface area (Å²) in [6.07, 6.45) is 2.22. The van der Waals surface area contributed by atoms with Gasteiger partial charge in [-0.05, 0) is 23.3 Å². The fourth-order valence-electron chi connectivity index (χ4n) is 8.76. The van der Waals surface area contributed by atoms with E-state index < -0.39 is 0 Å². The summed E-state index contributed by atoms with van der Waals surface area (Å²) in [6, 6.07) is 64.6. The van der Waals surface area contributed by atoms with Crippen LogP contribution in [0.4, 0.5) is 0 Å². The van der Waals surface area contributed by atoms with Crippen molar-refractivity contribution in [2.45, 2.75) is 26.2 Å². The number of para-hydroxylation sites is 4. The number of pyridine rings is 1. The van der Waals surface area contributed by atoms with Gasteiger partial charge >= 0.3 is 203 Å². The van der Waals surface area contributed by atoms with Gasteiger partial charge in [-0.25, -0.2) is 0 Å². The molecule has 0 N–H and O–H groups in total. The molecule has 6 heteroatoms. The Labute approximate surface area is 354 Å². The molecule has 0 atom stereocenters. The Morgan fingerprint density at radius 3 is 1.95 bits per heavy atom. The van der Waals surface area contributed by atoms with E-state index in [2.05, 4.69) is 222 Å². The third kappa shape index (κ3) is 6.15. The number of aromatic nitrogens is 4. The molecule has 0 radical (unpaired) electrons. The Morgan fingerprint density at radius 1 is 0.550 bits per heavy atom. The van der Waals surface area contributed by atoms with Crippen LogP contribution in [0.15, 0.2) is 193 Å². The maximum atomic E-state index is 6.78. The molecular weight excluding hydrogens is 800 g/mol. The standard InChI is InChI=1S/C54H41N4OSe/c1-54(2,3)46-34-51(55-53-45(46)30-31-60-53)58-47-25-11-10-22-43(47)44-29-28-40(33-50(44)58)59-39-21-14-20-38(32-39)56-35-57(49-27-13-12-26-48(49)56)52-41(36-16-6-4-7-17-36)23-15-24-42(52)37-18-8-5-9-19-37/h4-35H,1-3H3/q+1. The van der Waals surface area contributed by atoms with Gasteiger partial charge in [0, 0.05) is 11.1 Å². The first-order chi connectivity index (χ1) is 29.4. The van der Waals surface area contributed by atoms with Gasteiger partial charge in [0.1, 0.15) is 5.69 Å². The molecule has 0 amide bonds. The van der Waals surface area contributed by atoms with Gasteiger partial charge in [0.25, 0.3) is 6.33 Å². The van der Waals surface area contributed by atoms with E-state index in [0.717, 1.165) is 61.9 Å². The summed E-state index contributed by atoms with van der Waals surface area (Å²) >= 11 is 0.211. The van der Waals surface area contributed by atoms with Crippen LogP contribution in [0.25, 0.3) is 82.1 Å². The van der Waals surface area contributed by atoms with Crippen LogP contribution in [0.3, 0.4) is 0 Å². The quantitative estimate of drug-likeness (QED) is 0.118. The second kappa shape index (κ2) is 14.4. The second-order valence-electron chi connectivity index (χ2n) is 16.3. The average molecular weight is 841 g/mol. The second-order valence-corrected chi connectivity index (χ2v) is 18.2. The number of fused-ring (bicyclic) bond motifs is 5. The molecule has 4 aromatic heterocycles. The number of rotatable bonds is 7. The number of hydrogen-bond acceptors (Lipinski definition) is 2. The minimum atomic E-state index is -0.0235. The van der Waals surface area contributed by atoms with Gasteiger partial charge < -0.3 is 0 Å². The van der Waals surface area contributed by atoms with Crippen LogP contribution in [-0.4, -0.2) is 28.6 Å². The van der Waals surface area contributed by atoms with Crippen molar-refractivity contribution in [1.29, 1.82) is 0 Å². The van der Waals surface area contributed by atoms with Crippen molar-refractivity contribution in [3.05, 3.63) is 199 Å². The Kier molecular flexibility index (Phi) is 8.66. The van der Waals surface area contributed by atoms with Crippen molar-refractivity contribution >= 4 is 57.1 Å². The molecule has 288 valence electrons. The zero-order valence-electron chi connectivity index (χ0n) is 33.6. The van der Waals surface area contributed by atoms with Gasteiger partial charge in [-0.3, -0.25) is 0 Å². The number of imidazole rings is 1. The van der Waals surface area contributed by atoms with E-state index in [4.69, 9.17) is 9.72 Å². The molecule has 5 nitrogen and oxygen atoms in total. The summed E-state index contributed by atoms with van der Waals surface area (Å²) in [5, 5.41) is 3.65. The molecule has 0 aliphatic rings. The van der Waals surface area contributed by atoms with Gasteiger partial charge in [0.05, 0.1) is 0 Å². The van der Waals surface area contributed by atoms with Crippen molar-refractivity contribution in [2.24, 2.45) is 0 Å². The van der Waals surface area contributed by atoms with Crippen LogP contribution in [0.5, 0.6) is 11.5 Å². The first-order valence-corrected chi connectivity index (χ1v) is 22.2. The zero-order valence-corrected chi connectivity index (χ0v) is 35.3. The molecule has 0 spiro atoms. The Bertz CT molecular complexity index is 3330. The number of hydrogen-bond donors (Lipinski definition) is 0. The number of nitrogens with zero attached hydrogens (tertiary/aromatic N) is 4. The zero-order chi connectivity index (χ0) is 40.4. The van der Waals surface area contributed by atoms with Gasteiger partial charge in [0.15, 0.2) is 11.0 Å². The van der Waals surface area contributed by atoms with Crippen LogP contribution in [0.2, 0.25) is 0 Å². The van der Waals surface area contributed by atoms with Crippen molar-refractivity contribution in [3.8, 4) is 50.9 Å². The van der Waals surface area contributed by atoms with Crippen LogP contribution in [0, 0.1) is 0 Å². The molecule has 0 saturated carbocycles. The first-order valence-electron chi connectivity index (χ1n) is 20.4. The van der Waals surface area contributed by atoms with Gasteiger partial charge in [-0.2, -0.15) is 4.57 Å². The summed E-state index contributed by atoms with van der Waals surface area (Å²) < 4.78 is 14.9. The van der Waals surface area contributed by atoms with Crippen molar-refractivity contribution < 1.29 is 9.30 Å². The average Bonchev–Trinajstić information content (AvgIpc) is 4.00. The summed E-state index contributed by atoms with van der Waals surface area (Å²) in [5.41, 5.74) is 12.5. The molecule has 0 fully saturated rings. The van der Waals surface area contributed by atoms with Gasteiger partial charge in [-0.15, -0.1) is 0 Å². The molecule has 4 heterocycles. The molecule has 0 bridgehead atoms. The SMILES string of the molecule is CC(C)(C)c1cc(-n2c3ccccc3c3ccc(Oc4cccc(-n5c[n+](-c6c(-c7ccccc7)cccc6-c6ccccc6)c6ccccc65)c4)cc32)nc2[se]ccc12. The Balaban J connectivity index is 1.03. The molecule has 60 heavy (non-hydrogen) atoms. The van der Waals surface area contributed by atoms with Crippen LogP contribution in [0.1, 0.15) is 26.3 Å². The monoisotopic (exact) mass is 841 g/mol. The summed E-state index contributed by atoms with van der Waals surface area (Å²) in [7, 11) is 0. The maximum absolute atomic E-state index is 6.78. The fourth-order valence-corrected chi connectivity index (χ4v) is 10.4. The van der Waals surface area contributed by atoms with E-state index >= 15 is 0 Å². The molecule has 11 aromatic rings. The van der Waals surface area contributed by atoms with E-state index in [0.29, 0.717) is 0 Å². The minimum absolute atomic E-state index is 0.0235. The topological polar surface area (TPSA) is 35.9 Å².